The minimum Gasteiger partial charge on any atom is -0.504 e. The number of carbonyl (C=O) groups is 1. The van der Waals surface area contributed by atoms with Gasteiger partial charge in [-0.3, -0.25) is 9.69 Å². The summed E-state index contributed by atoms with van der Waals surface area (Å²) >= 11 is 0. The number of fused-ring (bicyclic) bond motifs is 1. The van der Waals surface area contributed by atoms with Crippen LogP contribution in [0.4, 0.5) is 0 Å². The van der Waals surface area contributed by atoms with Crippen LogP contribution in [0.3, 0.4) is 0 Å². The summed E-state index contributed by atoms with van der Waals surface area (Å²) in [5.41, 5.74) is 1.75. The first-order chi connectivity index (χ1) is 18.9. The molecule has 9 rings (SSSR count). The highest BCUT2D eigenvalue weighted by atomic mass is 16.5. The maximum Gasteiger partial charge on any atom is 0.220 e. The zero-order chi connectivity index (χ0) is 26.4. The number of piperidine rings is 1. The van der Waals surface area contributed by atoms with Crippen LogP contribution in [0.15, 0.2) is 54.6 Å². The van der Waals surface area contributed by atoms with Crippen molar-refractivity contribution in [1.82, 2.24) is 10.2 Å². The summed E-state index contributed by atoms with van der Waals surface area (Å²) in [6, 6.07) is 14.1. The predicted molar refractivity (Wildman–Crippen MR) is 148 cm³/mol. The molecule has 2 aromatic rings. The highest BCUT2D eigenvalue weighted by Crippen LogP contribution is 2.73. The van der Waals surface area contributed by atoms with Crippen molar-refractivity contribution >= 4 is 5.91 Å². The first-order valence-electron chi connectivity index (χ1n) is 15.0. The zero-order valence-corrected chi connectivity index (χ0v) is 22.4. The van der Waals surface area contributed by atoms with Crippen molar-refractivity contribution in [2.45, 2.75) is 87.0 Å². The van der Waals surface area contributed by atoms with Gasteiger partial charge in [0.1, 0.15) is 11.7 Å². The van der Waals surface area contributed by atoms with E-state index in [1.165, 1.54) is 24.0 Å². The molecular weight excluding hydrogens is 488 g/mol. The zero-order valence-electron chi connectivity index (χ0n) is 22.4. The van der Waals surface area contributed by atoms with E-state index in [0.717, 1.165) is 56.7 Å². The van der Waals surface area contributed by atoms with Crippen LogP contribution in [0.5, 0.6) is 11.5 Å². The van der Waals surface area contributed by atoms with E-state index in [9.17, 15) is 15.0 Å². The molecule has 39 heavy (non-hydrogen) atoms. The van der Waals surface area contributed by atoms with Crippen molar-refractivity contribution in [1.29, 1.82) is 0 Å². The molecule has 2 saturated carbocycles. The minimum atomic E-state index is -1.31. The van der Waals surface area contributed by atoms with Gasteiger partial charge in [-0.05, 0) is 81.0 Å². The van der Waals surface area contributed by atoms with E-state index in [0.29, 0.717) is 24.6 Å². The number of amides is 1. The third-order valence-corrected chi connectivity index (χ3v) is 11.1. The number of nitrogens with one attached hydrogen (secondary N) is 1. The summed E-state index contributed by atoms with van der Waals surface area (Å²) < 4.78 is 6.61. The molecular formula is C33H38N2O4. The number of nitrogens with zero attached hydrogens (tertiary/aromatic N) is 1. The first kappa shape index (κ1) is 24.0. The number of likely N-dealkylation sites (tertiary alicyclic amines) is 1. The van der Waals surface area contributed by atoms with E-state index in [1.54, 1.807) is 6.07 Å². The molecule has 1 saturated heterocycles. The normalized spacial score (nSPS) is 36.9. The van der Waals surface area contributed by atoms with E-state index in [-0.39, 0.29) is 22.5 Å². The van der Waals surface area contributed by atoms with E-state index in [2.05, 4.69) is 46.6 Å². The Bertz CT molecular complexity index is 1350. The second-order valence-corrected chi connectivity index (χ2v) is 13.1. The van der Waals surface area contributed by atoms with Crippen LogP contribution in [0.1, 0.15) is 61.6 Å². The van der Waals surface area contributed by atoms with Crippen molar-refractivity contribution in [3.63, 3.8) is 0 Å². The third-order valence-electron chi connectivity index (χ3n) is 11.1. The molecule has 4 bridgehead atoms. The van der Waals surface area contributed by atoms with Crippen LogP contribution >= 0.6 is 0 Å². The van der Waals surface area contributed by atoms with E-state index in [4.69, 9.17) is 4.74 Å². The number of aromatic hydroxyl groups is 1. The lowest BCUT2D eigenvalue weighted by Gasteiger charge is -2.70. The Labute approximate surface area is 230 Å². The molecule has 7 aliphatic rings. The van der Waals surface area contributed by atoms with Crippen molar-refractivity contribution in [3.8, 4) is 11.5 Å². The highest BCUT2D eigenvalue weighted by Gasteiger charge is 2.79. The largest absolute Gasteiger partial charge is 0.504 e. The SMILES string of the molecule is O=C(CCCCc1ccccc1)N[C@H]1C[C@@]23C=CC1(O)[C@@H]1Oc4c(O)ccc5c4[C@@]12CCN(CC1CC1)[C@@H]3C5. The molecule has 1 amide bonds. The Morgan fingerprint density at radius 2 is 1.95 bits per heavy atom. The van der Waals surface area contributed by atoms with E-state index < -0.39 is 17.7 Å². The number of phenolic OH excluding ortho intramolecular Hbond substituents is 1. The van der Waals surface area contributed by atoms with E-state index in [1.807, 2.05) is 12.1 Å². The molecule has 6 heteroatoms. The van der Waals surface area contributed by atoms with Crippen LogP contribution in [-0.4, -0.2) is 57.9 Å². The molecule has 0 radical (unpaired) electrons. The highest BCUT2D eigenvalue weighted by molar-refractivity contribution is 5.77. The van der Waals surface area contributed by atoms with Gasteiger partial charge in [-0.1, -0.05) is 48.6 Å². The number of aliphatic hydroxyl groups is 1. The van der Waals surface area contributed by atoms with Crippen molar-refractivity contribution in [2.24, 2.45) is 11.3 Å². The van der Waals surface area contributed by atoms with Crippen LogP contribution in [0, 0.1) is 11.3 Å². The number of unbranched alkanes of at least 4 members (excludes halogenated alkanes) is 1. The molecule has 3 N–H and O–H groups in total. The monoisotopic (exact) mass is 526 g/mol. The number of rotatable bonds is 8. The smallest absolute Gasteiger partial charge is 0.220 e. The molecule has 2 heterocycles. The second kappa shape index (κ2) is 8.34. The number of ether oxygens (including phenoxy) is 1. The predicted octanol–water partition coefficient (Wildman–Crippen LogP) is 4.02. The Kier molecular flexibility index (Phi) is 5.13. The minimum absolute atomic E-state index is 0.00254. The third kappa shape index (κ3) is 3.25. The summed E-state index contributed by atoms with van der Waals surface area (Å²) in [7, 11) is 0. The van der Waals surface area contributed by atoms with Gasteiger partial charge in [-0.2, -0.15) is 0 Å². The fourth-order valence-electron chi connectivity index (χ4n) is 9.17. The Morgan fingerprint density at radius 1 is 1.10 bits per heavy atom. The number of hydrogen-bond donors (Lipinski definition) is 3. The number of carbonyl (C=O) groups excluding carboxylic acids is 1. The van der Waals surface area contributed by atoms with Gasteiger partial charge in [-0.15, -0.1) is 0 Å². The lowest BCUT2D eigenvalue weighted by atomic mass is 9.38. The summed E-state index contributed by atoms with van der Waals surface area (Å²) in [6.07, 6.45) is 12.1. The summed E-state index contributed by atoms with van der Waals surface area (Å²) in [4.78, 5) is 15.9. The van der Waals surface area contributed by atoms with Crippen molar-refractivity contribution < 1.29 is 19.7 Å². The van der Waals surface area contributed by atoms with Crippen LogP contribution in [0.25, 0.3) is 0 Å². The van der Waals surface area contributed by atoms with Gasteiger partial charge in [0, 0.05) is 30.0 Å². The number of hydrogen-bond acceptors (Lipinski definition) is 5. The Balaban J connectivity index is 1.09. The van der Waals surface area contributed by atoms with Gasteiger partial charge in [0.15, 0.2) is 11.5 Å². The van der Waals surface area contributed by atoms with Gasteiger partial charge >= 0.3 is 0 Å². The van der Waals surface area contributed by atoms with E-state index >= 15 is 0 Å². The van der Waals surface area contributed by atoms with Gasteiger partial charge in [-0.25, -0.2) is 0 Å². The molecule has 6 atom stereocenters. The molecule has 1 unspecified atom stereocenters. The molecule has 0 aromatic heterocycles. The number of benzene rings is 2. The molecule has 2 aromatic carbocycles. The average molecular weight is 527 g/mol. The van der Waals surface area contributed by atoms with Gasteiger partial charge in [0.25, 0.3) is 0 Å². The summed E-state index contributed by atoms with van der Waals surface area (Å²) in [5, 5.41) is 26.5. The Hall–Kier alpha value is -2.83. The van der Waals surface area contributed by atoms with Crippen molar-refractivity contribution in [2.75, 3.05) is 13.1 Å². The standard InChI is InChI=1S/C33H38N2O4/c36-24-13-12-23-18-26-31-14-15-33(38,25(19-31)34-27(37)9-5-4-8-21-6-2-1-3-7-21)30-32(31,28(23)29(24)39-30)16-17-35(26)20-22-10-11-22/h1-3,6-7,12-15,22,25-26,30,36,38H,4-5,8-11,16-20H2,(H,34,37)/t25-,26+,30+,31+,32-,33?/m0/s1. The lowest BCUT2D eigenvalue weighted by Crippen LogP contribution is -2.81. The number of phenols is 1. The maximum atomic E-state index is 13.2. The van der Waals surface area contributed by atoms with Crippen LogP contribution in [0.2, 0.25) is 0 Å². The van der Waals surface area contributed by atoms with Crippen LogP contribution < -0.4 is 10.1 Å². The van der Waals surface area contributed by atoms with Gasteiger partial charge in [0.2, 0.25) is 5.91 Å². The maximum absolute atomic E-state index is 13.2. The molecule has 5 aliphatic carbocycles. The van der Waals surface area contributed by atoms with Gasteiger partial charge < -0.3 is 20.3 Å². The molecule has 6 nitrogen and oxygen atoms in total. The molecule has 3 fully saturated rings. The number of aryl methyl sites for hydroxylation is 1. The van der Waals surface area contributed by atoms with Gasteiger partial charge in [0.05, 0.1) is 11.5 Å². The quantitative estimate of drug-likeness (QED) is 0.358. The fourth-order valence-corrected chi connectivity index (χ4v) is 9.17. The second-order valence-electron chi connectivity index (χ2n) is 13.1. The average Bonchev–Trinajstić information content (AvgIpc) is 3.68. The molecule has 204 valence electrons. The molecule has 2 aliphatic heterocycles. The molecule has 2 spiro atoms. The summed E-state index contributed by atoms with van der Waals surface area (Å²) in [5.74, 6) is 1.52. The topological polar surface area (TPSA) is 82.0 Å². The summed E-state index contributed by atoms with van der Waals surface area (Å²) in [6.45, 7) is 2.12. The van der Waals surface area contributed by atoms with Crippen molar-refractivity contribution in [3.05, 3.63) is 71.3 Å². The first-order valence-corrected chi connectivity index (χ1v) is 15.0. The fraction of sp³-hybridized carbons (Fsp3) is 0.545. The lowest BCUT2D eigenvalue weighted by molar-refractivity contribution is -0.193. The van der Waals surface area contributed by atoms with Crippen LogP contribution in [-0.2, 0) is 23.1 Å². The Morgan fingerprint density at radius 3 is 2.77 bits per heavy atom.